The molecule has 1 saturated carbocycles. The summed E-state index contributed by atoms with van der Waals surface area (Å²) in [6, 6.07) is 6.49. The van der Waals surface area contributed by atoms with Gasteiger partial charge in [0.05, 0.1) is 6.10 Å². The van der Waals surface area contributed by atoms with Gasteiger partial charge in [-0.2, -0.15) is 0 Å². The van der Waals surface area contributed by atoms with Crippen molar-refractivity contribution in [2.24, 2.45) is 5.41 Å². The average Bonchev–Trinajstić information content (AvgIpc) is 2.84. The minimum atomic E-state index is -0.207. The van der Waals surface area contributed by atoms with Crippen LogP contribution in [0.1, 0.15) is 44.2 Å². The summed E-state index contributed by atoms with van der Waals surface area (Å²) >= 11 is 0. The quantitative estimate of drug-likeness (QED) is 0.888. The Balaban J connectivity index is 1.74. The van der Waals surface area contributed by atoms with Gasteiger partial charge in [-0.25, -0.2) is 0 Å². The summed E-state index contributed by atoms with van der Waals surface area (Å²) in [6.45, 7) is 4.25. The van der Waals surface area contributed by atoms with Crippen molar-refractivity contribution in [3.63, 3.8) is 0 Å². The molecule has 0 saturated heterocycles. The second-order valence-electron chi connectivity index (χ2n) is 6.00. The zero-order valence-corrected chi connectivity index (χ0v) is 11.3. The van der Waals surface area contributed by atoms with E-state index in [1.54, 1.807) is 0 Å². The molecular weight excluding hydrogens is 224 g/mol. The molecule has 3 atom stereocenters. The highest BCUT2D eigenvalue weighted by molar-refractivity contribution is 5.38. The van der Waals surface area contributed by atoms with Gasteiger partial charge in [0.2, 0.25) is 0 Å². The lowest BCUT2D eigenvalue weighted by Crippen LogP contribution is -2.57. The molecule has 2 nitrogen and oxygen atoms in total. The number of aliphatic hydroxyl groups excluding tert-OH is 1. The van der Waals surface area contributed by atoms with Gasteiger partial charge in [-0.15, -0.1) is 0 Å². The Kier molecular flexibility index (Phi) is 2.86. The maximum Gasteiger partial charge on any atom is 0.120 e. The Morgan fingerprint density at radius 1 is 1.33 bits per heavy atom. The second kappa shape index (κ2) is 4.27. The molecular formula is C16H22O2. The predicted octanol–water partition coefficient (Wildman–Crippen LogP) is 3.10. The molecule has 0 amide bonds. The molecule has 2 heteroatoms. The van der Waals surface area contributed by atoms with E-state index in [4.69, 9.17) is 4.74 Å². The number of ether oxygens (including phenoxy) is 1. The summed E-state index contributed by atoms with van der Waals surface area (Å²) in [5, 5.41) is 9.89. The number of hydrogen-bond donors (Lipinski definition) is 1. The van der Waals surface area contributed by atoms with Crippen molar-refractivity contribution in [1.29, 1.82) is 0 Å². The largest absolute Gasteiger partial charge is 0.490 e. The van der Waals surface area contributed by atoms with Crippen LogP contribution in [0.25, 0.3) is 0 Å². The molecule has 98 valence electrons. The molecule has 0 aromatic heterocycles. The summed E-state index contributed by atoms with van der Waals surface area (Å²) in [5.41, 5.74) is 2.86. The molecule has 1 aromatic carbocycles. The zero-order valence-electron chi connectivity index (χ0n) is 11.3. The maximum atomic E-state index is 9.89. The Bertz CT molecular complexity index is 454. The third kappa shape index (κ3) is 1.74. The van der Waals surface area contributed by atoms with Crippen molar-refractivity contribution in [2.75, 3.05) is 0 Å². The third-order valence-electron chi connectivity index (χ3n) is 5.04. The fourth-order valence-electron chi connectivity index (χ4n) is 3.23. The molecule has 0 aliphatic heterocycles. The third-order valence-corrected chi connectivity index (χ3v) is 5.04. The number of hydrogen-bond acceptors (Lipinski definition) is 2. The lowest BCUT2D eigenvalue weighted by Gasteiger charge is -2.50. The molecule has 18 heavy (non-hydrogen) atoms. The van der Waals surface area contributed by atoms with Gasteiger partial charge in [0, 0.05) is 11.8 Å². The average molecular weight is 246 g/mol. The highest BCUT2D eigenvalue weighted by Crippen LogP contribution is 2.46. The van der Waals surface area contributed by atoms with Crippen molar-refractivity contribution in [3.8, 4) is 5.75 Å². The molecule has 0 heterocycles. The molecule has 1 N–H and O–H groups in total. The summed E-state index contributed by atoms with van der Waals surface area (Å²) in [7, 11) is 0. The van der Waals surface area contributed by atoms with E-state index in [2.05, 4.69) is 32.0 Å². The van der Waals surface area contributed by atoms with E-state index in [9.17, 15) is 5.11 Å². The van der Waals surface area contributed by atoms with Crippen LogP contribution in [0.2, 0.25) is 0 Å². The molecule has 3 unspecified atom stereocenters. The molecule has 0 radical (unpaired) electrons. The Hall–Kier alpha value is -1.02. The first-order valence-corrected chi connectivity index (χ1v) is 7.10. The monoisotopic (exact) mass is 246 g/mol. The summed E-state index contributed by atoms with van der Waals surface area (Å²) in [6.07, 6.45) is 5.35. The summed E-state index contributed by atoms with van der Waals surface area (Å²) in [5.74, 6) is 0.979. The molecule has 2 aliphatic rings. The first-order valence-electron chi connectivity index (χ1n) is 7.10. The van der Waals surface area contributed by atoms with Crippen LogP contribution < -0.4 is 4.74 Å². The number of rotatable bonds is 3. The van der Waals surface area contributed by atoms with Crippen LogP contribution in [0, 0.1) is 5.41 Å². The van der Waals surface area contributed by atoms with Crippen LogP contribution in [0.15, 0.2) is 18.2 Å². The zero-order chi connectivity index (χ0) is 12.8. The van der Waals surface area contributed by atoms with Gasteiger partial charge < -0.3 is 9.84 Å². The maximum absolute atomic E-state index is 9.89. The van der Waals surface area contributed by atoms with Crippen molar-refractivity contribution in [2.45, 2.75) is 58.2 Å². The van der Waals surface area contributed by atoms with E-state index in [-0.39, 0.29) is 17.6 Å². The Morgan fingerprint density at radius 2 is 2.11 bits per heavy atom. The first-order chi connectivity index (χ1) is 8.63. The van der Waals surface area contributed by atoms with Crippen molar-refractivity contribution in [3.05, 3.63) is 29.3 Å². The SMILES string of the molecule is CCC1(C)C(O)CC1Oc1ccc2c(c1)CCC2. The molecule has 2 aliphatic carbocycles. The van der Waals surface area contributed by atoms with Gasteiger partial charge >= 0.3 is 0 Å². The number of benzene rings is 1. The summed E-state index contributed by atoms with van der Waals surface area (Å²) in [4.78, 5) is 0. The van der Waals surface area contributed by atoms with Crippen LogP contribution >= 0.6 is 0 Å². The minimum Gasteiger partial charge on any atom is -0.490 e. The van der Waals surface area contributed by atoms with Gasteiger partial charge in [-0.1, -0.05) is 19.9 Å². The number of aliphatic hydroxyl groups is 1. The van der Waals surface area contributed by atoms with Crippen LogP contribution in [0.3, 0.4) is 0 Å². The van der Waals surface area contributed by atoms with Gasteiger partial charge in [-0.05, 0) is 48.9 Å². The standard InChI is InChI=1S/C16H22O2/c1-3-16(2)14(17)10-15(16)18-13-8-7-11-5-4-6-12(11)9-13/h7-9,14-15,17H,3-6,10H2,1-2H3. The van der Waals surface area contributed by atoms with Crippen LogP contribution in [0.4, 0.5) is 0 Å². The van der Waals surface area contributed by atoms with Crippen LogP contribution in [-0.4, -0.2) is 17.3 Å². The van der Waals surface area contributed by atoms with Gasteiger partial charge in [0.1, 0.15) is 11.9 Å². The van der Waals surface area contributed by atoms with E-state index >= 15 is 0 Å². The van der Waals surface area contributed by atoms with E-state index in [0.717, 1.165) is 18.6 Å². The number of aryl methyl sites for hydroxylation is 2. The van der Waals surface area contributed by atoms with Crippen LogP contribution in [0.5, 0.6) is 5.75 Å². The highest BCUT2D eigenvalue weighted by Gasteiger charge is 2.51. The predicted molar refractivity (Wildman–Crippen MR) is 71.9 cm³/mol. The van der Waals surface area contributed by atoms with E-state index < -0.39 is 0 Å². The molecule has 0 spiro atoms. The van der Waals surface area contributed by atoms with Gasteiger partial charge in [0.15, 0.2) is 0 Å². The van der Waals surface area contributed by atoms with Crippen molar-refractivity contribution >= 4 is 0 Å². The topological polar surface area (TPSA) is 29.5 Å². The molecule has 1 aromatic rings. The van der Waals surface area contributed by atoms with Crippen molar-refractivity contribution < 1.29 is 9.84 Å². The van der Waals surface area contributed by atoms with E-state index in [1.165, 1.54) is 30.4 Å². The summed E-state index contributed by atoms with van der Waals surface area (Å²) < 4.78 is 6.09. The smallest absolute Gasteiger partial charge is 0.120 e. The Labute approximate surface area is 109 Å². The lowest BCUT2D eigenvalue weighted by molar-refractivity contribution is -0.147. The first kappa shape index (κ1) is 12.0. The van der Waals surface area contributed by atoms with E-state index in [1.807, 2.05) is 0 Å². The fourth-order valence-corrected chi connectivity index (χ4v) is 3.23. The van der Waals surface area contributed by atoms with E-state index in [0.29, 0.717) is 0 Å². The normalized spacial score (nSPS) is 33.9. The van der Waals surface area contributed by atoms with Crippen LogP contribution in [-0.2, 0) is 12.8 Å². The molecule has 3 rings (SSSR count). The number of fused-ring (bicyclic) bond motifs is 1. The minimum absolute atomic E-state index is 0.0704. The molecule has 1 fully saturated rings. The lowest BCUT2D eigenvalue weighted by atomic mass is 9.63. The highest BCUT2D eigenvalue weighted by atomic mass is 16.5. The van der Waals surface area contributed by atoms with Gasteiger partial charge in [0.25, 0.3) is 0 Å². The fraction of sp³-hybridized carbons (Fsp3) is 0.625. The van der Waals surface area contributed by atoms with Crippen molar-refractivity contribution in [1.82, 2.24) is 0 Å². The Morgan fingerprint density at radius 3 is 2.83 bits per heavy atom. The van der Waals surface area contributed by atoms with Gasteiger partial charge in [-0.3, -0.25) is 0 Å². The molecule has 0 bridgehead atoms. The second-order valence-corrected chi connectivity index (χ2v) is 6.00.